The molecule has 0 radical (unpaired) electrons. The minimum absolute atomic E-state index is 0.960. The van der Waals surface area contributed by atoms with Gasteiger partial charge in [-0.1, -0.05) is 18.2 Å². The van der Waals surface area contributed by atoms with Crippen LogP contribution in [0.2, 0.25) is 0 Å². The Morgan fingerprint density at radius 2 is 2.04 bits per heavy atom. The number of aromatic amines is 1. The third-order valence-corrected chi connectivity index (χ3v) is 4.37. The highest BCUT2D eigenvalue weighted by Crippen LogP contribution is 2.35. The summed E-state index contributed by atoms with van der Waals surface area (Å²) in [5, 5.41) is 12.6. The van der Waals surface area contributed by atoms with E-state index in [0.717, 1.165) is 57.9 Å². The van der Waals surface area contributed by atoms with Gasteiger partial charge in [0, 0.05) is 23.9 Å². The van der Waals surface area contributed by atoms with Crippen molar-refractivity contribution in [2.75, 3.05) is 18.5 Å². The van der Waals surface area contributed by atoms with Crippen molar-refractivity contribution in [3.05, 3.63) is 42.6 Å². The Bertz CT molecular complexity index is 1020. The monoisotopic (exact) mass is 304 g/mol. The van der Waals surface area contributed by atoms with Crippen LogP contribution >= 0.6 is 0 Å². The highest BCUT2D eigenvalue weighted by molar-refractivity contribution is 6.17. The highest BCUT2D eigenvalue weighted by Gasteiger charge is 2.17. The lowest BCUT2D eigenvalue weighted by Gasteiger charge is -2.21. The Morgan fingerprint density at radius 3 is 2.96 bits per heavy atom. The van der Waals surface area contributed by atoms with Gasteiger partial charge in [-0.25, -0.2) is 10.4 Å². The largest absolute Gasteiger partial charge is 0.304 e. The summed E-state index contributed by atoms with van der Waals surface area (Å²) in [4.78, 5) is 4.82. The summed E-state index contributed by atoms with van der Waals surface area (Å²) < 4.78 is 0. The molecule has 1 aliphatic rings. The van der Waals surface area contributed by atoms with E-state index in [0.29, 0.717) is 0 Å². The van der Waals surface area contributed by atoms with E-state index in [1.807, 2.05) is 18.3 Å². The first-order chi connectivity index (χ1) is 11.4. The molecule has 1 saturated heterocycles. The predicted molar refractivity (Wildman–Crippen MR) is 91.8 cm³/mol. The lowest BCUT2D eigenvalue weighted by molar-refractivity contribution is 0.312. The molecule has 114 valence electrons. The minimum Gasteiger partial charge on any atom is -0.304 e. The number of anilines is 1. The van der Waals surface area contributed by atoms with Crippen LogP contribution in [0.25, 0.3) is 32.7 Å². The number of hydrazine groups is 2. The summed E-state index contributed by atoms with van der Waals surface area (Å²) in [5.74, 6) is 0. The van der Waals surface area contributed by atoms with Gasteiger partial charge in [0.1, 0.15) is 0 Å². The summed E-state index contributed by atoms with van der Waals surface area (Å²) in [6.45, 7) is 1.96. The molecule has 1 aliphatic heterocycles. The van der Waals surface area contributed by atoms with Gasteiger partial charge in [-0.05, 0) is 24.6 Å². The van der Waals surface area contributed by atoms with Crippen molar-refractivity contribution in [3.63, 3.8) is 0 Å². The number of pyridine rings is 1. The first-order valence-corrected chi connectivity index (χ1v) is 7.82. The maximum absolute atomic E-state index is 4.82. The van der Waals surface area contributed by atoms with Crippen LogP contribution in [-0.2, 0) is 0 Å². The van der Waals surface area contributed by atoms with Gasteiger partial charge in [0.15, 0.2) is 0 Å². The average Bonchev–Trinajstić information content (AvgIpc) is 3.25. The van der Waals surface area contributed by atoms with E-state index in [-0.39, 0.29) is 0 Å². The number of H-pyrrole nitrogens is 1. The van der Waals surface area contributed by atoms with Gasteiger partial charge >= 0.3 is 0 Å². The summed E-state index contributed by atoms with van der Waals surface area (Å²) in [7, 11) is 0. The molecule has 2 aromatic heterocycles. The standard InChI is InChI=1S/C17H16N6/c1-2-5-13-12(4-1)17(22-23-9-3-8-19-23)15-14(20-13)7-6-11-10-18-21-16(11)15/h1-2,4-7,10,19H,3,8-9H2,(H,18,21)(H,20,22). The Hall–Kier alpha value is -2.70. The number of fused-ring (bicyclic) bond motifs is 4. The van der Waals surface area contributed by atoms with E-state index in [9.17, 15) is 0 Å². The molecule has 0 amide bonds. The number of nitrogens with one attached hydrogen (secondary N) is 3. The summed E-state index contributed by atoms with van der Waals surface area (Å²) in [5.41, 5.74) is 10.9. The zero-order valence-electron chi connectivity index (χ0n) is 12.5. The van der Waals surface area contributed by atoms with Crippen LogP contribution < -0.4 is 10.9 Å². The molecule has 0 aliphatic carbocycles. The predicted octanol–water partition coefficient (Wildman–Crippen LogP) is 2.80. The Kier molecular flexibility index (Phi) is 2.73. The SMILES string of the molecule is c1ccc2c(NN3CCCN3)c3c(ccc4cn[nH]c43)nc2c1. The van der Waals surface area contributed by atoms with Gasteiger partial charge in [-0.2, -0.15) is 10.2 Å². The van der Waals surface area contributed by atoms with E-state index in [1.165, 1.54) is 0 Å². The van der Waals surface area contributed by atoms with Gasteiger partial charge in [0.2, 0.25) is 0 Å². The molecule has 23 heavy (non-hydrogen) atoms. The number of nitrogens with zero attached hydrogens (tertiary/aromatic N) is 3. The number of rotatable bonds is 2. The fourth-order valence-corrected chi connectivity index (χ4v) is 3.27. The zero-order valence-corrected chi connectivity index (χ0v) is 12.5. The van der Waals surface area contributed by atoms with Crippen molar-refractivity contribution < 1.29 is 0 Å². The smallest absolute Gasteiger partial charge is 0.0765 e. The molecule has 2 aromatic carbocycles. The van der Waals surface area contributed by atoms with Gasteiger partial charge in [0.05, 0.1) is 33.8 Å². The van der Waals surface area contributed by atoms with E-state index >= 15 is 0 Å². The Labute approximate surface area is 132 Å². The van der Waals surface area contributed by atoms with Crippen LogP contribution in [0.3, 0.4) is 0 Å². The van der Waals surface area contributed by atoms with Gasteiger partial charge in [0.25, 0.3) is 0 Å². The van der Waals surface area contributed by atoms with Gasteiger partial charge in [-0.15, -0.1) is 0 Å². The molecule has 0 saturated carbocycles. The number of para-hydroxylation sites is 1. The van der Waals surface area contributed by atoms with Crippen molar-refractivity contribution in [1.29, 1.82) is 0 Å². The maximum Gasteiger partial charge on any atom is 0.0765 e. The molecule has 0 atom stereocenters. The second-order valence-corrected chi connectivity index (χ2v) is 5.82. The zero-order chi connectivity index (χ0) is 15.2. The van der Waals surface area contributed by atoms with Crippen LogP contribution in [0.5, 0.6) is 0 Å². The first-order valence-electron chi connectivity index (χ1n) is 7.82. The summed E-state index contributed by atoms with van der Waals surface area (Å²) in [6, 6.07) is 12.3. The molecule has 3 N–H and O–H groups in total. The number of aromatic nitrogens is 3. The second kappa shape index (κ2) is 4.91. The lowest BCUT2D eigenvalue weighted by atomic mass is 10.1. The highest BCUT2D eigenvalue weighted by atomic mass is 15.7. The van der Waals surface area contributed by atoms with Gasteiger partial charge < -0.3 is 5.43 Å². The van der Waals surface area contributed by atoms with Crippen molar-refractivity contribution in [2.45, 2.75) is 6.42 Å². The molecule has 1 fully saturated rings. The van der Waals surface area contributed by atoms with Gasteiger partial charge in [-0.3, -0.25) is 5.10 Å². The average molecular weight is 304 g/mol. The van der Waals surface area contributed by atoms with E-state index in [1.54, 1.807) is 0 Å². The number of hydrogen-bond donors (Lipinski definition) is 3. The third kappa shape index (κ3) is 1.96. The third-order valence-electron chi connectivity index (χ3n) is 4.37. The van der Waals surface area contributed by atoms with Crippen LogP contribution in [0.4, 0.5) is 5.69 Å². The van der Waals surface area contributed by atoms with Crippen LogP contribution in [0, 0.1) is 0 Å². The normalized spacial score (nSPS) is 15.8. The molecule has 5 rings (SSSR count). The molecule has 0 spiro atoms. The van der Waals surface area contributed by atoms with Crippen LogP contribution in [-0.4, -0.2) is 33.4 Å². The lowest BCUT2D eigenvalue weighted by Crippen LogP contribution is -2.36. The quantitative estimate of drug-likeness (QED) is 0.497. The Morgan fingerprint density at radius 1 is 1.09 bits per heavy atom. The van der Waals surface area contributed by atoms with Crippen molar-refractivity contribution in [2.24, 2.45) is 0 Å². The first kappa shape index (κ1) is 12.8. The molecule has 3 heterocycles. The maximum atomic E-state index is 4.82. The van der Waals surface area contributed by atoms with Crippen molar-refractivity contribution >= 4 is 38.4 Å². The fraction of sp³-hybridized carbons (Fsp3) is 0.176. The van der Waals surface area contributed by atoms with E-state index in [2.05, 4.69) is 50.4 Å². The molecular formula is C17H16N6. The summed E-state index contributed by atoms with van der Waals surface area (Å²) in [6.07, 6.45) is 2.98. The molecule has 6 heteroatoms. The van der Waals surface area contributed by atoms with E-state index in [4.69, 9.17) is 4.98 Å². The van der Waals surface area contributed by atoms with Crippen molar-refractivity contribution in [1.82, 2.24) is 25.7 Å². The molecular weight excluding hydrogens is 288 g/mol. The molecule has 0 unspecified atom stereocenters. The number of benzene rings is 2. The minimum atomic E-state index is 0.960. The second-order valence-electron chi connectivity index (χ2n) is 5.82. The molecule has 6 nitrogen and oxygen atoms in total. The van der Waals surface area contributed by atoms with Crippen LogP contribution in [0.15, 0.2) is 42.6 Å². The molecule has 4 aromatic rings. The number of hydrogen-bond acceptors (Lipinski definition) is 5. The molecule has 0 bridgehead atoms. The van der Waals surface area contributed by atoms with Crippen molar-refractivity contribution in [3.8, 4) is 0 Å². The fourth-order valence-electron chi connectivity index (χ4n) is 3.27. The Balaban J connectivity index is 1.88. The van der Waals surface area contributed by atoms with Crippen LogP contribution in [0.1, 0.15) is 6.42 Å². The summed E-state index contributed by atoms with van der Waals surface area (Å²) >= 11 is 0. The van der Waals surface area contributed by atoms with E-state index < -0.39 is 0 Å². The topological polar surface area (TPSA) is 68.9 Å².